The zero-order valence-corrected chi connectivity index (χ0v) is 15.4. The van der Waals surface area contributed by atoms with E-state index in [0.717, 1.165) is 38.9 Å². The molecule has 0 spiro atoms. The van der Waals surface area contributed by atoms with Crippen LogP contribution in [0.3, 0.4) is 0 Å². The molecule has 5 heteroatoms. The summed E-state index contributed by atoms with van der Waals surface area (Å²) in [5.41, 5.74) is -0.420. The molecule has 2 saturated heterocycles. The SMILES string of the molecule is CC1CC(NCC2CCCN(C(=O)OC(C)(C)C)C2)CC(C)O1. The normalized spacial score (nSPS) is 32.7. The molecule has 0 bridgehead atoms. The van der Waals surface area contributed by atoms with Gasteiger partial charge < -0.3 is 19.7 Å². The molecule has 23 heavy (non-hydrogen) atoms. The van der Waals surface area contributed by atoms with E-state index in [2.05, 4.69) is 19.2 Å². The van der Waals surface area contributed by atoms with E-state index in [-0.39, 0.29) is 6.09 Å². The minimum Gasteiger partial charge on any atom is -0.444 e. The lowest BCUT2D eigenvalue weighted by Gasteiger charge is -2.36. The van der Waals surface area contributed by atoms with Crippen molar-refractivity contribution >= 4 is 6.09 Å². The average Bonchev–Trinajstić information content (AvgIpc) is 2.43. The van der Waals surface area contributed by atoms with Crippen molar-refractivity contribution in [2.45, 2.75) is 84.2 Å². The Morgan fingerprint density at radius 3 is 2.52 bits per heavy atom. The summed E-state index contributed by atoms with van der Waals surface area (Å²) in [5.74, 6) is 0.518. The lowest BCUT2D eigenvalue weighted by molar-refractivity contribution is -0.0428. The molecule has 1 amide bonds. The van der Waals surface area contributed by atoms with Crippen LogP contribution >= 0.6 is 0 Å². The van der Waals surface area contributed by atoms with Crippen LogP contribution in [0.4, 0.5) is 4.79 Å². The molecule has 2 aliphatic heterocycles. The highest BCUT2D eigenvalue weighted by Crippen LogP contribution is 2.22. The Morgan fingerprint density at radius 1 is 1.26 bits per heavy atom. The van der Waals surface area contributed by atoms with Crippen LogP contribution in [0.1, 0.15) is 60.3 Å². The van der Waals surface area contributed by atoms with Crippen LogP contribution in [0.25, 0.3) is 0 Å². The number of ether oxygens (including phenoxy) is 2. The Labute approximate surface area is 141 Å². The molecule has 3 atom stereocenters. The summed E-state index contributed by atoms with van der Waals surface area (Å²) >= 11 is 0. The summed E-state index contributed by atoms with van der Waals surface area (Å²) in [6.45, 7) is 12.6. The van der Waals surface area contributed by atoms with E-state index in [1.54, 1.807) is 0 Å². The second kappa shape index (κ2) is 7.84. The van der Waals surface area contributed by atoms with Crippen LogP contribution in [-0.2, 0) is 9.47 Å². The van der Waals surface area contributed by atoms with E-state index in [1.165, 1.54) is 6.42 Å². The zero-order chi connectivity index (χ0) is 17.0. The van der Waals surface area contributed by atoms with Gasteiger partial charge in [-0.05, 0) is 72.8 Å². The maximum atomic E-state index is 12.2. The van der Waals surface area contributed by atoms with Crippen molar-refractivity contribution in [1.29, 1.82) is 0 Å². The summed E-state index contributed by atoms with van der Waals surface area (Å²) in [4.78, 5) is 14.1. The Bertz CT molecular complexity index is 384. The van der Waals surface area contributed by atoms with Gasteiger partial charge in [-0.1, -0.05) is 0 Å². The highest BCUT2D eigenvalue weighted by molar-refractivity contribution is 5.68. The molecule has 0 aromatic rings. The number of hydrogen-bond acceptors (Lipinski definition) is 4. The maximum Gasteiger partial charge on any atom is 0.410 e. The first-order valence-electron chi connectivity index (χ1n) is 9.09. The van der Waals surface area contributed by atoms with Crippen molar-refractivity contribution in [3.8, 4) is 0 Å². The summed E-state index contributed by atoms with van der Waals surface area (Å²) in [6, 6.07) is 0.533. The molecule has 5 nitrogen and oxygen atoms in total. The molecule has 2 heterocycles. The molecule has 134 valence electrons. The minimum atomic E-state index is -0.420. The summed E-state index contributed by atoms with van der Waals surface area (Å²) in [7, 11) is 0. The number of nitrogens with zero attached hydrogens (tertiary/aromatic N) is 1. The number of amides is 1. The lowest BCUT2D eigenvalue weighted by Crippen LogP contribution is -2.47. The molecule has 2 rings (SSSR count). The number of carbonyl (C=O) groups is 1. The molecule has 0 aliphatic carbocycles. The first kappa shape index (κ1) is 18.5. The van der Waals surface area contributed by atoms with Gasteiger partial charge in [0.2, 0.25) is 0 Å². The number of hydrogen-bond donors (Lipinski definition) is 1. The first-order chi connectivity index (χ1) is 10.7. The molecule has 0 radical (unpaired) electrons. The van der Waals surface area contributed by atoms with Crippen molar-refractivity contribution in [1.82, 2.24) is 10.2 Å². The van der Waals surface area contributed by atoms with Crippen molar-refractivity contribution < 1.29 is 14.3 Å². The predicted molar refractivity (Wildman–Crippen MR) is 91.6 cm³/mol. The third kappa shape index (κ3) is 6.30. The number of carbonyl (C=O) groups excluding carboxylic acids is 1. The van der Waals surface area contributed by atoms with Crippen LogP contribution in [0.2, 0.25) is 0 Å². The fourth-order valence-electron chi connectivity index (χ4n) is 3.63. The van der Waals surface area contributed by atoms with Gasteiger partial charge in [0.15, 0.2) is 0 Å². The first-order valence-corrected chi connectivity index (χ1v) is 9.09. The molecule has 0 aromatic carbocycles. The number of piperidine rings is 1. The molecular formula is C18H34N2O3. The Kier molecular flexibility index (Phi) is 6.32. The third-order valence-corrected chi connectivity index (χ3v) is 4.56. The molecule has 2 fully saturated rings. The topological polar surface area (TPSA) is 50.8 Å². The van der Waals surface area contributed by atoms with E-state index in [1.807, 2.05) is 25.7 Å². The molecule has 0 aromatic heterocycles. The molecule has 1 N–H and O–H groups in total. The van der Waals surface area contributed by atoms with Gasteiger partial charge in [-0.25, -0.2) is 4.79 Å². The van der Waals surface area contributed by atoms with E-state index in [4.69, 9.17) is 9.47 Å². The monoisotopic (exact) mass is 326 g/mol. The average molecular weight is 326 g/mol. The fraction of sp³-hybridized carbons (Fsp3) is 0.944. The quantitative estimate of drug-likeness (QED) is 0.865. The van der Waals surface area contributed by atoms with Crippen LogP contribution in [0.5, 0.6) is 0 Å². The van der Waals surface area contributed by atoms with Gasteiger partial charge in [-0.3, -0.25) is 0 Å². The van der Waals surface area contributed by atoms with Crippen molar-refractivity contribution in [3.63, 3.8) is 0 Å². The number of likely N-dealkylation sites (tertiary alicyclic amines) is 1. The maximum absolute atomic E-state index is 12.2. The Balaban J connectivity index is 1.76. The van der Waals surface area contributed by atoms with Crippen molar-refractivity contribution in [2.24, 2.45) is 5.92 Å². The fourth-order valence-corrected chi connectivity index (χ4v) is 3.63. The molecule has 2 aliphatic rings. The minimum absolute atomic E-state index is 0.171. The predicted octanol–water partition coefficient (Wildman–Crippen LogP) is 3.18. The molecule has 3 unspecified atom stereocenters. The smallest absolute Gasteiger partial charge is 0.410 e. The van der Waals surface area contributed by atoms with Gasteiger partial charge in [0, 0.05) is 19.1 Å². The largest absolute Gasteiger partial charge is 0.444 e. The van der Waals surface area contributed by atoms with Crippen molar-refractivity contribution in [2.75, 3.05) is 19.6 Å². The van der Waals surface area contributed by atoms with Crippen LogP contribution in [0, 0.1) is 5.92 Å². The zero-order valence-electron chi connectivity index (χ0n) is 15.4. The van der Waals surface area contributed by atoms with Crippen LogP contribution in [0.15, 0.2) is 0 Å². The van der Waals surface area contributed by atoms with Crippen molar-refractivity contribution in [3.05, 3.63) is 0 Å². The van der Waals surface area contributed by atoms with E-state index in [0.29, 0.717) is 24.2 Å². The Morgan fingerprint density at radius 2 is 1.91 bits per heavy atom. The standard InChI is InChI=1S/C18H34N2O3/c1-13-9-16(10-14(2)22-13)19-11-15-7-6-8-20(12-15)17(21)23-18(3,4)5/h13-16,19H,6-12H2,1-5H3. The van der Waals surface area contributed by atoms with E-state index < -0.39 is 5.60 Å². The lowest BCUT2D eigenvalue weighted by atomic mass is 9.95. The number of rotatable bonds is 3. The number of nitrogens with one attached hydrogen (secondary N) is 1. The van der Waals surface area contributed by atoms with Gasteiger partial charge in [-0.15, -0.1) is 0 Å². The second-order valence-corrected chi connectivity index (χ2v) is 8.27. The Hall–Kier alpha value is -0.810. The third-order valence-electron chi connectivity index (χ3n) is 4.56. The van der Waals surface area contributed by atoms with Gasteiger partial charge >= 0.3 is 6.09 Å². The van der Waals surface area contributed by atoms with Gasteiger partial charge in [0.05, 0.1) is 12.2 Å². The van der Waals surface area contributed by atoms with E-state index >= 15 is 0 Å². The highest BCUT2D eigenvalue weighted by atomic mass is 16.6. The van der Waals surface area contributed by atoms with Gasteiger partial charge in [0.25, 0.3) is 0 Å². The molecule has 0 saturated carbocycles. The van der Waals surface area contributed by atoms with Gasteiger partial charge in [0.1, 0.15) is 5.60 Å². The summed E-state index contributed by atoms with van der Waals surface area (Å²) < 4.78 is 11.3. The van der Waals surface area contributed by atoms with E-state index in [9.17, 15) is 4.79 Å². The summed E-state index contributed by atoms with van der Waals surface area (Å²) in [5, 5.41) is 3.70. The highest BCUT2D eigenvalue weighted by Gasteiger charge is 2.29. The summed E-state index contributed by atoms with van der Waals surface area (Å²) in [6.07, 6.45) is 4.89. The van der Waals surface area contributed by atoms with Gasteiger partial charge in [-0.2, -0.15) is 0 Å². The van der Waals surface area contributed by atoms with Crippen LogP contribution < -0.4 is 5.32 Å². The molecular weight excluding hydrogens is 292 g/mol. The van der Waals surface area contributed by atoms with Crippen LogP contribution in [-0.4, -0.2) is 54.5 Å². The second-order valence-electron chi connectivity index (χ2n) is 8.27.